The van der Waals surface area contributed by atoms with E-state index in [1.807, 2.05) is 6.07 Å². The van der Waals surface area contributed by atoms with Gasteiger partial charge in [0, 0.05) is 19.7 Å². The third-order valence-corrected chi connectivity index (χ3v) is 4.70. The third-order valence-electron chi connectivity index (χ3n) is 3.78. The minimum Gasteiger partial charge on any atom is -0.381 e. The molecule has 0 atom stereocenters. The van der Waals surface area contributed by atoms with Crippen molar-refractivity contribution in [2.75, 3.05) is 24.2 Å². The fourth-order valence-electron chi connectivity index (χ4n) is 2.46. The zero-order chi connectivity index (χ0) is 19.5. The Morgan fingerprint density at radius 3 is 2.73 bits per heavy atom. The average molecular weight is 379 g/mol. The van der Waals surface area contributed by atoms with E-state index in [-0.39, 0.29) is 27.7 Å². The molecule has 2 aromatic rings. The van der Waals surface area contributed by atoms with Crippen LogP contribution in [-0.2, 0) is 16.4 Å². The summed E-state index contributed by atoms with van der Waals surface area (Å²) in [4.78, 5) is 11.9. The first-order valence-corrected chi connectivity index (χ1v) is 8.95. The van der Waals surface area contributed by atoms with Gasteiger partial charge in [-0.25, -0.2) is 13.6 Å². The Balaban J connectivity index is 2.15. The molecule has 1 aromatic carbocycles. The van der Waals surface area contributed by atoms with E-state index in [0.717, 1.165) is 6.07 Å². The summed E-state index contributed by atoms with van der Waals surface area (Å²) in [5.41, 5.74) is 6.35. The lowest BCUT2D eigenvalue weighted by Gasteiger charge is -2.19. The number of hydrogen-bond donors (Lipinski definition) is 3. The molecule has 0 bridgehead atoms. The monoisotopic (exact) mass is 379 g/mol. The number of aromatic nitrogens is 2. The second-order valence-electron chi connectivity index (χ2n) is 5.55. The number of nitrogen functional groups attached to an aromatic ring is 1. The number of rotatable bonds is 7. The normalized spacial score (nSPS) is 11.1. The number of aromatic amines is 1. The molecular formula is C14H17N7O4S. The van der Waals surface area contributed by atoms with E-state index in [1.54, 1.807) is 11.9 Å². The smallest absolute Gasteiger partial charge is 0.293 e. The third kappa shape index (κ3) is 4.08. The molecule has 0 saturated carbocycles. The number of nitrogens with two attached hydrogens (primary N) is 2. The lowest BCUT2D eigenvalue weighted by atomic mass is 10.1. The quantitative estimate of drug-likeness (QED) is 0.458. The zero-order valence-electron chi connectivity index (χ0n) is 13.8. The summed E-state index contributed by atoms with van der Waals surface area (Å²) < 4.78 is 22.8. The number of aryl methyl sites for hydroxylation is 1. The van der Waals surface area contributed by atoms with Gasteiger partial charge in [-0.2, -0.15) is 10.4 Å². The Morgan fingerprint density at radius 1 is 1.46 bits per heavy atom. The Hall–Kier alpha value is -3.17. The second-order valence-corrected chi connectivity index (χ2v) is 7.11. The Bertz CT molecular complexity index is 978. The van der Waals surface area contributed by atoms with Crippen LogP contribution in [0.25, 0.3) is 0 Å². The van der Waals surface area contributed by atoms with Crippen molar-refractivity contribution >= 4 is 27.2 Å². The molecule has 0 aliphatic rings. The molecule has 2 rings (SSSR count). The van der Waals surface area contributed by atoms with E-state index in [9.17, 15) is 18.5 Å². The highest BCUT2D eigenvalue weighted by Gasteiger charge is 2.21. The van der Waals surface area contributed by atoms with Crippen LogP contribution in [0, 0.1) is 21.4 Å². The number of nitrogens with one attached hydrogen (secondary N) is 1. The van der Waals surface area contributed by atoms with Gasteiger partial charge in [-0.1, -0.05) is 0 Å². The second kappa shape index (κ2) is 7.38. The maximum Gasteiger partial charge on any atom is 0.293 e. The number of sulfonamides is 1. The largest absolute Gasteiger partial charge is 0.381 e. The van der Waals surface area contributed by atoms with Crippen molar-refractivity contribution in [2.45, 2.75) is 17.7 Å². The molecule has 1 aromatic heterocycles. The molecule has 0 unspecified atom stereocenters. The molecule has 0 radical (unpaired) electrons. The van der Waals surface area contributed by atoms with Gasteiger partial charge in [-0.05, 0) is 25.0 Å². The molecule has 0 saturated heterocycles. The highest BCUT2D eigenvalue weighted by atomic mass is 32.2. The average Bonchev–Trinajstić information content (AvgIpc) is 2.93. The van der Waals surface area contributed by atoms with Gasteiger partial charge < -0.3 is 10.6 Å². The number of nitro groups is 1. The number of H-pyrrole nitrogens is 1. The molecule has 138 valence electrons. The van der Waals surface area contributed by atoms with Crippen molar-refractivity contribution in [1.29, 1.82) is 5.26 Å². The number of nitro benzene ring substituents is 1. The molecule has 11 nitrogen and oxygen atoms in total. The van der Waals surface area contributed by atoms with Gasteiger partial charge in [-0.15, -0.1) is 0 Å². The molecule has 12 heteroatoms. The van der Waals surface area contributed by atoms with E-state index in [4.69, 9.17) is 16.1 Å². The van der Waals surface area contributed by atoms with Crippen molar-refractivity contribution in [1.82, 2.24) is 10.2 Å². The number of benzene rings is 1. The minimum absolute atomic E-state index is 0.130. The van der Waals surface area contributed by atoms with E-state index < -0.39 is 14.9 Å². The molecule has 0 aliphatic heterocycles. The summed E-state index contributed by atoms with van der Waals surface area (Å²) >= 11 is 0. The van der Waals surface area contributed by atoms with Gasteiger partial charge in [0.15, 0.2) is 5.82 Å². The van der Waals surface area contributed by atoms with Crippen molar-refractivity contribution in [2.24, 2.45) is 5.14 Å². The van der Waals surface area contributed by atoms with Crippen LogP contribution >= 0.6 is 0 Å². The van der Waals surface area contributed by atoms with Gasteiger partial charge in [0.05, 0.1) is 15.5 Å². The minimum atomic E-state index is -4.04. The van der Waals surface area contributed by atoms with Crippen LogP contribution in [0.15, 0.2) is 23.1 Å². The van der Waals surface area contributed by atoms with Crippen LogP contribution in [-0.4, -0.2) is 37.1 Å². The van der Waals surface area contributed by atoms with E-state index in [1.165, 1.54) is 12.1 Å². The van der Waals surface area contributed by atoms with Crippen LogP contribution in [0.3, 0.4) is 0 Å². The molecule has 0 aliphatic carbocycles. The first kappa shape index (κ1) is 19.2. The Morgan fingerprint density at radius 2 is 2.15 bits per heavy atom. The number of anilines is 2. The van der Waals surface area contributed by atoms with Gasteiger partial charge >= 0.3 is 0 Å². The number of nitrogens with zero attached hydrogens (tertiary/aromatic N) is 4. The molecule has 0 spiro atoms. The van der Waals surface area contributed by atoms with Crippen LogP contribution in [0.5, 0.6) is 0 Å². The van der Waals surface area contributed by atoms with Crippen LogP contribution < -0.4 is 15.8 Å². The summed E-state index contributed by atoms with van der Waals surface area (Å²) in [7, 11) is -2.39. The Labute approximate surface area is 149 Å². The molecule has 1 heterocycles. The Kier molecular flexibility index (Phi) is 5.44. The standard InChI is InChI=1S/C14H17N7O4S/c1-20(6-2-3-11-10(8-15)14(16)19-18-11)12-5-4-9(26(17,24)25)7-13(12)21(22)23/h4-5,7H,2-3,6H2,1H3,(H3,16,18,19)(H2,17,24,25). The maximum atomic E-state index is 11.4. The predicted octanol–water partition coefficient (Wildman–Crippen LogP) is 0.488. The van der Waals surface area contributed by atoms with Crippen LogP contribution in [0.1, 0.15) is 17.7 Å². The van der Waals surface area contributed by atoms with Crippen molar-refractivity contribution in [3.63, 3.8) is 0 Å². The predicted molar refractivity (Wildman–Crippen MR) is 93.8 cm³/mol. The van der Waals surface area contributed by atoms with E-state index >= 15 is 0 Å². The van der Waals surface area contributed by atoms with Crippen molar-refractivity contribution in [3.05, 3.63) is 39.6 Å². The number of hydrogen-bond acceptors (Lipinski definition) is 8. The lowest BCUT2D eigenvalue weighted by Crippen LogP contribution is -2.21. The van der Waals surface area contributed by atoms with Crippen molar-refractivity contribution in [3.8, 4) is 6.07 Å². The summed E-state index contributed by atoms with van der Waals surface area (Å²) in [6, 6.07) is 5.46. The highest BCUT2D eigenvalue weighted by molar-refractivity contribution is 7.89. The summed E-state index contributed by atoms with van der Waals surface area (Å²) in [5.74, 6) is 0.130. The van der Waals surface area contributed by atoms with Gasteiger partial charge in [0.2, 0.25) is 10.0 Å². The molecule has 26 heavy (non-hydrogen) atoms. The molecule has 0 amide bonds. The topological polar surface area (TPSA) is 185 Å². The summed E-state index contributed by atoms with van der Waals surface area (Å²) in [5, 5.41) is 31.8. The lowest BCUT2D eigenvalue weighted by molar-refractivity contribution is -0.384. The van der Waals surface area contributed by atoms with Gasteiger partial charge in [-0.3, -0.25) is 15.2 Å². The van der Waals surface area contributed by atoms with Crippen LogP contribution in [0.4, 0.5) is 17.2 Å². The van der Waals surface area contributed by atoms with Gasteiger partial charge in [0.25, 0.3) is 5.69 Å². The van der Waals surface area contributed by atoms with Crippen LogP contribution in [0.2, 0.25) is 0 Å². The van der Waals surface area contributed by atoms with E-state index in [0.29, 0.717) is 25.1 Å². The maximum absolute atomic E-state index is 11.4. The SMILES string of the molecule is CN(CCCc1[nH]nc(N)c1C#N)c1ccc(S(N)(=O)=O)cc1[N+](=O)[O-]. The molecule has 5 N–H and O–H groups in total. The van der Waals surface area contributed by atoms with Gasteiger partial charge in [0.1, 0.15) is 17.3 Å². The number of nitriles is 1. The first-order chi connectivity index (χ1) is 12.1. The summed E-state index contributed by atoms with van der Waals surface area (Å²) in [6.45, 7) is 0.416. The molecular weight excluding hydrogens is 362 g/mol. The fourth-order valence-corrected chi connectivity index (χ4v) is 3.00. The summed E-state index contributed by atoms with van der Waals surface area (Å²) in [6.07, 6.45) is 1.03. The highest BCUT2D eigenvalue weighted by Crippen LogP contribution is 2.30. The zero-order valence-corrected chi connectivity index (χ0v) is 14.7. The first-order valence-electron chi connectivity index (χ1n) is 7.40. The fraction of sp³-hybridized carbons (Fsp3) is 0.286. The number of primary sulfonamides is 1. The molecule has 0 fully saturated rings. The van der Waals surface area contributed by atoms with E-state index in [2.05, 4.69) is 10.2 Å². The van der Waals surface area contributed by atoms with Crippen molar-refractivity contribution < 1.29 is 13.3 Å².